The number of benzene rings is 12. The van der Waals surface area contributed by atoms with Crippen LogP contribution in [0.25, 0.3) is 155 Å². The van der Waals surface area contributed by atoms with Gasteiger partial charge in [0.05, 0.1) is 27.8 Å². The first-order valence-electron chi connectivity index (χ1n) is 31.9. The second-order valence-corrected chi connectivity index (χ2v) is 26.7. The van der Waals surface area contributed by atoms with Crippen LogP contribution < -0.4 is 9.30 Å². The minimum Gasteiger partial charge on any atom is -0.510 e. The molecule has 0 bridgehead atoms. The van der Waals surface area contributed by atoms with Crippen molar-refractivity contribution in [2.75, 3.05) is 0 Å². The first-order valence-corrected chi connectivity index (χ1v) is 31.9. The van der Waals surface area contributed by atoms with Crippen molar-refractivity contribution < 1.29 is 34.8 Å². The van der Waals surface area contributed by atoms with Crippen molar-refractivity contribution in [1.82, 2.24) is 18.7 Å². The van der Waals surface area contributed by atoms with Crippen molar-refractivity contribution in [3.63, 3.8) is 0 Å². The minimum absolute atomic E-state index is 0. The molecular formula is C86H61N5O2Pt-2. The van der Waals surface area contributed by atoms with Gasteiger partial charge in [-0.1, -0.05) is 205 Å². The van der Waals surface area contributed by atoms with Crippen LogP contribution in [0.3, 0.4) is 0 Å². The number of pyridine rings is 1. The molecule has 0 spiro atoms. The zero-order valence-corrected chi connectivity index (χ0v) is 55.0. The molecule has 18 rings (SSSR count). The van der Waals surface area contributed by atoms with E-state index in [9.17, 15) is 0 Å². The summed E-state index contributed by atoms with van der Waals surface area (Å²) in [6, 6.07) is 99.7. The zero-order valence-electron chi connectivity index (χ0n) is 52.7. The number of ether oxygens (including phenoxy) is 1. The molecule has 0 radical (unpaired) electrons. The summed E-state index contributed by atoms with van der Waals surface area (Å²) in [5, 5.41) is 6.75. The summed E-state index contributed by atoms with van der Waals surface area (Å²) in [6.45, 7) is 13.5. The Morgan fingerprint density at radius 1 is 0.404 bits per heavy atom. The molecule has 454 valence electrons. The monoisotopic (exact) mass is 1390 g/mol. The van der Waals surface area contributed by atoms with Crippen LogP contribution in [0.2, 0.25) is 0 Å². The maximum Gasteiger partial charge on any atom is 0.268 e. The molecule has 0 aliphatic carbocycles. The average Bonchev–Trinajstić information content (AvgIpc) is 1.55. The Bertz CT molecular complexity index is 5890. The van der Waals surface area contributed by atoms with Crippen LogP contribution in [0, 0.1) is 18.5 Å². The summed E-state index contributed by atoms with van der Waals surface area (Å²) < 4.78 is 22.6. The maximum absolute atomic E-state index is 6.97. The summed E-state index contributed by atoms with van der Waals surface area (Å²) in [5.41, 5.74) is 23.9. The van der Waals surface area contributed by atoms with E-state index in [2.05, 4.69) is 303 Å². The van der Waals surface area contributed by atoms with E-state index in [0.29, 0.717) is 11.5 Å². The van der Waals surface area contributed by atoms with Crippen LogP contribution in [0.1, 0.15) is 52.7 Å². The Balaban J connectivity index is 0.00000672. The molecule has 0 atom stereocenters. The van der Waals surface area contributed by atoms with Crippen molar-refractivity contribution >= 4 is 76.6 Å². The molecule has 7 nitrogen and oxygen atoms in total. The smallest absolute Gasteiger partial charge is 0.268 e. The summed E-state index contributed by atoms with van der Waals surface area (Å²) in [5.74, 6) is 1.92. The number of nitrogens with zero attached hydrogens (tertiary/aromatic N) is 5. The van der Waals surface area contributed by atoms with E-state index in [0.717, 1.165) is 144 Å². The molecule has 94 heavy (non-hydrogen) atoms. The Labute approximate surface area is 559 Å². The molecule has 1 aliphatic heterocycles. The van der Waals surface area contributed by atoms with E-state index in [1.165, 1.54) is 21.9 Å². The fourth-order valence-corrected chi connectivity index (χ4v) is 14.4. The molecule has 5 aromatic heterocycles. The number of aromatic nitrogens is 5. The largest absolute Gasteiger partial charge is 0.510 e. The van der Waals surface area contributed by atoms with E-state index in [1.807, 2.05) is 36.5 Å². The Morgan fingerprint density at radius 3 is 1.76 bits per heavy atom. The van der Waals surface area contributed by atoms with Gasteiger partial charge >= 0.3 is 0 Å². The number of fused-ring (bicyclic) bond motifs is 16. The van der Waals surface area contributed by atoms with Crippen LogP contribution >= 0.6 is 0 Å². The van der Waals surface area contributed by atoms with Gasteiger partial charge in [0.2, 0.25) is 0 Å². The number of furan rings is 1. The van der Waals surface area contributed by atoms with Crippen LogP contribution in [0.5, 0.6) is 11.5 Å². The van der Waals surface area contributed by atoms with Gasteiger partial charge in [0, 0.05) is 71.5 Å². The van der Waals surface area contributed by atoms with Crippen molar-refractivity contribution in [2.24, 2.45) is 0 Å². The minimum atomic E-state index is -0.0706. The second kappa shape index (κ2) is 21.6. The molecule has 17 aromatic rings. The predicted molar refractivity (Wildman–Crippen MR) is 380 cm³/mol. The number of imidazole rings is 1. The topological polar surface area (TPSA) is 53.9 Å². The van der Waals surface area contributed by atoms with E-state index < -0.39 is 0 Å². The third kappa shape index (κ3) is 9.11. The zero-order chi connectivity index (χ0) is 62.4. The van der Waals surface area contributed by atoms with E-state index in [1.54, 1.807) is 0 Å². The van der Waals surface area contributed by atoms with Gasteiger partial charge in [-0.3, -0.25) is 4.57 Å². The standard InChI is InChI=1S/C86H61N5O2.Pt/c1-85(2,3)56-36-33-53(34-37-56)62-27-18-28-71-72-50-59(90-75-29-13-9-23-66(75)67-24-10-14-30-76(67)90)38-40-65(72)63-21-7-8-22-64(63)74-46-55(54-35-42-81-73(45-54)70-26-12-16-32-80(70)93-81)47-79-84(74)89(83(62)71)52-88(79)58-19-17-20-60(49-58)92-61-39-41-69-68-25-11-15-31-77(68)91(78(69)51-61)82-48-57(43-44-87-82)86(4,5)6;/h7-48,50H,1-6H3;/q-2;. The van der Waals surface area contributed by atoms with Crippen molar-refractivity contribution in [3.05, 3.63) is 291 Å². The summed E-state index contributed by atoms with van der Waals surface area (Å²) in [6.07, 6.45) is 6.01. The Morgan fingerprint density at radius 2 is 1.01 bits per heavy atom. The summed E-state index contributed by atoms with van der Waals surface area (Å²) in [4.78, 5) is 4.95. The Kier molecular flexibility index (Phi) is 13.1. The van der Waals surface area contributed by atoms with E-state index >= 15 is 0 Å². The van der Waals surface area contributed by atoms with Crippen LogP contribution in [-0.2, 0) is 31.9 Å². The molecule has 1 aliphatic rings. The third-order valence-corrected chi connectivity index (χ3v) is 19.0. The first kappa shape index (κ1) is 57.1. The molecule has 0 saturated carbocycles. The molecule has 8 heteroatoms. The molecule has 0 amide bonds. The van der Waals surface area contributed by atoms with Gasteiger partial charge in [-0.25, -0.2) is 4.98 Å². The second-order valence-electron chi connectivity index (χ2n) is 26.7. The number of rotatable bonds is 7. The molecular weight excluding hydrogens is 1330 g/mol. The fraction of sp³-hybridized carbons (Fsp3) is 0.0930. The molecule has 12 aromatic carbocycles. The van der Waals surface area contributed by atoms with Crippen LogP contribution in [0.4, 0.5) is 0 Å². The van der Waals surface area contributed by atoms with E-state index in [-0.39, 0.29) is 31.9 Å². The van der Waals surface area contributed by atoms with Gasteiger partial charge in [-0.05, 0) is 155 Å². The summed E-state index contributed by atoms with van der Waals surface area (Å²) in [7, 11) is 0. The van der Waals surface area contributed by atoms with Gasteiger partial charge in [-0.15, -0.1) is 29.7 Å². The SMILES string of the molecule is CC(C)(C)c1ccc(-c2cccc3c2-[n+]2[c-]n(-c4[c-]c(Oc5[c-]c6c(cc5)c5ccccc5n6-c5cc(C(C)(C)C)ccn5)ccc4)c4cc(-c5ccc6oc7ccccc7c6c5)cc(c42)-c2ccccc2-c2ccc(-n4c5ccccc5c5ccccc54)cc2-3)cc1.[Pt]. The molecule has 0 fully saturated rings. The van der Waals surface area contributed by atoms with Crippen LogP contribution in [-0.4, -0.2) is 18.7 Å². The van der Waals surface area contributed by atoms with Crippen LogP contribution in [0.15, 0.2) is 265 Å². The van der Waals surface area contributed by atoms with Gasteiger partial charge in [0.25, 0.3) is 6.33 Å². The van der Waals surface area contributed by atoms with Gasteiger partial charge < -0.3 is 22.9 Å². The quantitative estimate of drug-likeness (QED) is 0.118. The van der Waals surface area contributed by atoms with Gasteiger partial charge in [0.15, 0.2) is 0 Å². The molecule has 0 unspecified atom stereocenters. The molecule has 0 saturated heterocycles. The first-order chi connectivity index (χ1) is 45.4. The molecule has 0 N–H and O–H groups in total. The average molecular weight is 1390 g/mol. The number of para-hydroxylation sites is 5. The van der Waals surface area contributed by atoms with E-state index in [4.69, 9.17) is 14.1 Å². The van der Waals surface area contributed by atoms with Crippen molar-refractivity contribution in [1.29, 1.82) is 0 Å². The maximum atomic E-state index is 6.97. The predicted octanol–water partition coefficient (Wildman–Crippen LogP) is 21.8. The molecule has 6 heterocycles. The van der Waals surface area contributed by atoms with Crippen molar-refractivity contribution in [3.8, 4) is 90.0 Å². The summed E-state index contributed by atoms with van der Waals surface area (Å²) >= 11 is 0. The Hall–Kier alpha value is -10.9. The third-order valence-electron chi connectivity index (χ3n) is 19.0. The fourth-order valence-electron chi connectivity index (χ4n) is 14.4. The number of hydrogen-bond donors (Lipinski definition) is 0. The van der Waals surface area contributed by atoms with Gasteiger partial charge in [-0.2, -0.15) is 18.2 Å². The normalized spacial score (nSPS) is 12.3. The number of hydrogen-bond acceptors (Lipinski definition) is 3. The van der Waals surface area contributed by atoms with Gasteiger partial charge in [0.1, 0.15) is 17.0 Å². The van der Waals surface area contributed by atoms with Crippen molar-refractivity contribution in [2.45, 2.75) is 52.4 Å².